The highest BCUT2D eigenvalue weighted by Crippen LogP contribution is 2.45. The fourth-order valence-electron chi connectivity index (χ4n) is 2.93. The van der Waals surface area contributed by atoms with Gasteiger partial charge in [-0.2, -0.15) is 0 Å². The summed E-state index contributed by atoms with van der Waals surface area (Å²) in [6.07, 6.45) is 2.06. The van der Waals surface area contributed by atoms with Gasteiger partial charge in [0.15, 0.2) is 5.78 Å². The topological polar surface area (TPSA) is 43.4 Å². The minimum absolute atomic E-state index is 0.104. The van der Waals surface area contributed by atoms with E-state index in [0.29, 0.717) is 18.4 Å². The third kappa shape index (κ3) is 1.73. The molecule has 3 nitrogen and oxygen atoms in total. The van der Waals surface area contributed by atoms with Crippen molar-refractivity contribution in [2.45, 2.75) is 19.3 Å². The number of fused-ring (bicyclic) bond motifs is 1. The van der Waals surface area contributed by atoms with Gasteiger partial charge in [-0.05, 0) is 23.6 Å². The van der Waals surface area contributed by atoms with E-state index in [2.05, 4.69) is 0 Å². The SMILES string of the molecule is COC(=O)C1(C(=O)c2cccc3ccccc23)CCC1. The fraction of sp³-hybridized carbons (Fsp3) is 0.294. The van der Waals surface area contributed by atoms with Gasteiger partial charge in [-0.15, -0.1) is 0 Å². The number of ketones is 1. The Bertz CT molecular complexity index is 678. The fourth-order valence-corrected chi connectivity index (χ4v) is 2.93. The highest BCUT2D eigenvalue weighted by molar-refractivity contribution is 6.18. The largest absolute Gasteiger partial charge is 0.468 e. The van der Waals surface area contributed by atoms with Crippen LogP contribution in [0.4, 0.5) is 0 Å². The lowest BCUT2D eigenvalue weighted by molar-refractivity contribution is -0.153. The number of carbonyl (C=O) groups excluding carboxylic acids is 2. The van der Waals surface area contributed by atoms with Crippen LogP contribution in [0.25, 0.3) is 10.8 Å². The first-order valence-corrected chi connectivity index (χ1v) is 6.80. The highest BCUT2D eigenvalue weighted by Gasteiger charge is 2.52. The monoisotopic (exact) mass is 268 g/mol. The molecule has 0 amide bonds. The summed E-state index contributed by atoms with van der Waals surface area (Å²) in [5, 5.41) is 1.91. The number of Topliss-reactive ketones (excluding diaryl/α,β-unsaturated/α-hetero) is 1. The number of carbonyl (C=O) groups is 2. The molecule has 2 aromatic rings. The number of esters is 1. The van der Waals surface area contributed by atoms with Crippen LogP contribution in [0.2, 0.25) is 0 Å². The van der Waals surface area contributed by atoms with E-state index in [1.165, 1.54) is 7.11 Å². The van der Waals surface area contributed by atoms with Crippen molar-refractivity contribution in [1.82, 2.24) is 0 Å². The molecule has 1 aliphatic carbocycles. The van der Waals surface area contributed by atoms with Crippen molar-refractivity contribution in [3.8, 4) is 0 Å². The summed E-state index contributed by atoms with van der Waals surface area (Å²) in [6, 6.07) is 13.4. The summed E-state index contributed by atoms with van der Waals surface area (Å²) in [5.41, 5.74) is -0.341. The first-order chi connectivity index (χ1) is 9.69. The lowest BCUT2D eigenvalue weighted by Gasteiger charge is -2.37. The minimum atomic E-state index is -0.959. The van der Waals surface area contributed by atoms with E-state index in [1.54, 1.807) is 6.07 Å². The van der Waals surface area contributed by atoms with Gasteiger partial charge in [-0.3, -0.25) is 9.59 Å². The Balaban J connectivity index is 2.11. The Morgan fingerprint density at radius 3 is 2.40 bits per heavy atom. The number of methoxy groups -OCH3 is 1. The molecule has 1 saturated carbocycles. The predicted octanol–water partition coefficient (Wildman–Crippen LogP) is 3.37. The van der Waals surface area contributed by atoms with E-state index in [-0.39, 0.29) is 5.78 Å². The van der Waals surface area contributed by atoms with Crippen molar-refractivity contribution in [1.29, 1.82) is 0 Å². The first-order valence-electron chi connectivity index (χ1n) is 6.80. The molecule has 0 aliphatic heterocycles. The molecule has 102 valence electrons. The second-order valence-electron chi connectivity index (χ2n) is 5.28. The Morgan fingerprint density at radius 2 is 1.75 bits per heavy atom. The molecule has 20 heavy (non-hydrogen) atoms. The molecule has 0 bridgehead atoms. The molecule has 3 rings (SSSR count). The van der Waals surface area contributed by atoms with Gasteiger partial charge in [0.05, 0.1) is 7.11 Å². The van der Waals surface area contributed by atoms with Crippen LogP contribution in [-0.4, -0.2) is 18.9 Å². The third-order valence-electron chi connectivity index (χ3n) is 4.25. The standard InChI is InChI=1S/C17H16O3/c1-20-16(19)17(10-5-11-17)15(18)14-9-4-7-12-6-2-3-8-13(12)14/h2-4,6-9H,5,10-11H2,1H3. The third-order valence-corrected chi connectivity index (χ3v) is 4.25. The molecule has 0 aromatic heterocycles. The van der Waals surface area contributed by atoms with Gasteiger partial charge in [0.25, 0.3) is 0 Å². The molecule has 0 radical (unpaired) electrons. The van der Waals surface area contributed by atoms with Gasteiger partial charge >= 0.3 is 5.97 Å². The van der Waals surface area contributed by atoms with Crippen molar-refractivity contribution in [2.24, 2.45) is 5.41 Å². The molecule has 0 spiro atoms. The van der Waals surface area contributed by atoms with Crippen molar-refractivity contribution < 1.29 is 14.3 Å². The van der Waals surface area contributed by atoms with E-state index in [0.717, 1.165) is 17.2 Å². The van der Waals surface area contributed by atoms with Crippen LogP contribution in [0.1, 0.15) is 29.6 Å². The van der Waals surface area contributed by atoms with Crippen molar-refractivity contribution in [3.05, 3.63) is 48.0 Å². The molecule has 0 atom stereocenters. The zero-order valence-corrected chi connectivity index (χ0v) is 11.4. The Labute approximate surface area is 117 Å². The summed E-state index contributed by atoms with van der Waals surface area (Å²) in [5.74, 6) is -0.505. The van der Waals surface area contributed by atoms with Gasteiger partial charge in [0.2, 0.25) is 0 Å². The Morgan fingerprint density at radius 1 is 1.05 bits per heavy atom. The molecule has 1 fully saturated rings. The molecule has 0 unspecified atom stereocenters. The summed E-state index contributed by atoms with van der Waals surface area (Å²) in [6.45, 7) is 0. The molecule has 1 aliphatic rings. The summed E-state index contributed by atoms with van der Waals surface area (Å²) < 4.78 is 4.85. The van der Waals surface area contributed by atoms with Crippen LogP contribution in [0.15, 0.2) is 42.5 Å². The molecule has 3 heteroatoms. The number of hydrogen-bond acceptors (Lipinski definition) is 3. The van der Waals surface area contributed by atoms with Crippen molar-refractivity contribution in [3.63, 3.8) is 0 Å². The van der Waals surface area contributed by atoms with E-state index >= 15 is 0 Å². The van der Waals surface area contributed by atoms with Crippen LogP contribution >= 0.6 is 0 Å². The van der Waals surface area contributed by atoms with Crippen LogP contribution in [0, 0.1) is 5.41 Å². The molecule has 0 saturated heterocycles. The van der Waals surface area contributed by atoms with E-state index in [9.17, 15) is 9.59 Å². The maximum absolute atomic E-state index is 12.9. The minimum Gasteiger partial charge on any atom is -0.468 e. The number of rotatable bonds is 3. The second-order valence-corrected chi connectivity index (χ2v) is 5.28. The van der Waals surface area contributed by atoms with Gasteiger partial charge in [-0.25, -0.2) is 0 Å². The van der Waals surface area contributed by atoms with Crippen molar-refractivity contribution in [2.75, 3.05) is 7.11 Å². The summed E-state index contributed by atoms with van der Waals surface area (Å²) >= 11 is 0. The van der Waals surface area contributed by atoms with E-state index < -0.39 is 11.4 Å². The lowest BCUT2D eigenvalue weighted by atomic mass is 9.64. The Hall–Kier alpha value is -2.16. The maximum Gasteiger partial charge on any atom is 0.319 e. The van der Waals surface area contributed by atoms with Gasteiger partial charge in [0, 0.05) is 5.56 Å². The van der Waals surface area contributed by atoms with Crippen LogP contribution in [-0.2, 0) is 9.53 Å². The quantitative estimate of drug-likeness (QED) is 0.487. The van der Waals surface area contributed by atoms with Crippen LogP contribution in [0.3, 0.4) is 0 Å². The summed E-state index contributed by atoms with van der Waals surface area (Å²) in [7, 11) is 1.35. The van der Waals surface area contributed by atoms with Crippen LogP contribution < -0.4 is 0 Å². The molecular weight excluding hydrogens is 252 g/mol. The smallest absolute Gasteiger partial charge is 0.319 e. The van der Waals surface area contributed by atoms with Gasteiger partial charge < -0.3 is 4.74 Å². The number of hydrogen-bond donors (Lipinski definition) is 0. The maximum atomic E-state index is 12.9. The van der Waals surface area contributed by atoms with Crippen LogP contribution in [0.5, 0.6) is 0 Å². The average Bonchev–Trinajstić information content (AvgIpc) is 2.45. The second kappa shape index (κ2) is 4.75. The molecule has 0 heterocycles. The number of benzene rings is 2. The molecule has 2 aromatic carbocycles. The van der Waals surface area contributed by atoms with E-state index in [1.807, 2.05) is 36.4 Å². The lowest BCUT2D eigenvalue weighted by Crippen LogP contribution is -2.46. The van der Waals surface area contributed by atoms with Gasteiger partial charge in [0.1, 0.15) is 5.41 Å². The van der Waals surface area contributed by atoms with Crippen molar-refractivity contribution >= 4 is 22.5 Å². The normalized spacial score (nSPS) is 16.4. The average molecular weight is 268 g/mol. The van der Waals surface area contributed by atoms with Gasteiger partial charge in [-0.1, -0.05) is 48.9 Å². The molecular formula is C17H16O3. The molecule has 0 N–H and O–H groups in total. The van der Waals surface area contributed by atoms with E-state index in [4.69, 9.17) is 4.74 Å². The highest BCUT2D eigenvalue weighted by atomic mass is 16.5. The predicted molar refractivity (Wildman–Crippen MR) is 76.6 cm³/mol. The number of ether oxygens (including phenoxy) is 1. The summed E-state index contributed by atoms with van der Waals surface area (Å²) in [4.78, 5) is 24.9. The Kier molecular flexibility index (Phi) is 3.05. The first kappa shape index (κ1) is 12.9. The zero-order valence-electron chi connectivity index (χ0n) is 11.4. The zero-order chi connectivity index (χ0) is 14.2.